The molecular weight excluding hydrogens is 266 g/mol. The Hall–Kier alpha value is -1.83. The van der Waals surface area contributed by atoms with Gasteiger partial charge >= 0.3 is 0 Å². The molecule has 6 N–H and O–H groups in total. The van der Waals surface area contributed by atoms with Gasteiger partial charge in [-0.05, 0) is 32.6 Å². The van der Waals surface area contributed by atoms with Crippen molar-refractivity contribution in [2.75, 3.05) is 32.1 Å². The van der Waals surface area contributed by atoms with E-state index in [4.69, 9.17) is 11.5 Å². The Balaban J connectivity index is 1.73. The lowest BCUT2D eigenvalue weighted by molar-refractivity contribution is 0.315. The maximum Gasteiger partial charge on any atom is 0.209 e. The fraction of sp³-hybridized carbons (Fsp3) is 0.500. The number of likely N-dealkylation sites (N-methyl/N-ethyl adjacent to an activating group) is 1. The normalized spacial score (nSPS) is 28.9. The molecule has 2 aliphatic rings. The highest BCUT2D eigenvalue weighted by Gasteiger charge is 2.31. The molecule has 1 fully saturated rings. The van der Waals surface area contributed by atoms with Crippen LogP contribution in [0.25, 0.3) is 0 Å². The predicted molar refractivity (Wildman–Crippen MR) is 84.5 cm³/mol. The molecule has 0 amide bonds. The van der Waals surface area contributed by atoms with Gasteiger partial charge in [-0.2, -0.15) is 5.43 Å². The van der Waals surface area contributed by atoms with Crippen LogP contribution in [0.2, 0.25) is 0 Å². The van der Waals surface area contributed by atoms with Crippen LogP contribution in [0.15, 0.2) is 29.3 Å². The number of aliphatic imine (C=N–C) groups is 1. The smallest absolute Gasteiger partial charge is 0.209 e. The second kappa shape index (κ2) is 5.18. The van der Waals surface area contributed by atoms with Crippen LogP contribution in [0.3, 0.4) is 0 Å². The quantitative estimate of drug-likeness (QED) is 0.589. The van der Waals surface area contributed by atoms with E-state index in [1.54, 1.807) is 0 Å². The summed E-state index contributed by atoms with van der Waals surface area (Å²) in [4.78, 5) is 8.87. The van der Waals surface area contributed by atoms with Crippen molar-refractivity contribution in [3.05, 3.63) is 29.8 Å². The molecule has 1 aromatic rings. The molecule has 3 rings (SSSR count). The van der Waals surface area contributed by atoms with Crippen LogP contribution < -0.4 is 27.2 Å². The van der Waals surface area contributed by atoms with Crippen LogP contribution in [-0.4, -0.2) is 44.1 Å². The molecular formula is C14H23N7. The fourth-order valence-electron chi connectivity index (χ4n) is 2.87. The highest BCUT2D eigenvalue weighted by Crippen LogP contribution is 2.25. The molecule has 0 aromatic heterocycles. The first-order valence-electron chi connectivity index (χ1n) is 7.17. The van der Waals surface area contributed by atoms with Crippen molar-refractivity contribution in [1.82, 2.24) is 15.8 Å². The van der Waals surface area contributed by atoms with E-state index in [-0.39, 0.29) is 0 Å². The monoisotopic (exact) mass is 289 g/mol. The van der Waals surface area contributed by atoms with Crippen LogP contribution in [0.4, 0.5) is 5.69 Å². The molecule has 0 radical (unpaired) electrons. The van der Waals surface area contributed by atoms with Crippen LogP contribution >= 0.6 is 0 Å². The third-order valence-corrected chi connectivity index (χ3v) is 4.24. The molecule has 2 aliphatic heterocycles. The van der Waals surface area contributed by atoms with Gasteiger partial charge in [-0.25, -0.2) is 4.99 Å². The molecule has 7 nitrogen and oxygen atoms in total. The van der Waals surface area contributed by atoms with E-state index in [9.17, 15) is 0 Å². The summed E-state index contributed by atoms with van der Waals surface area (Å²) in [6.07, 6.45) is 1.20. The SMILES string of the molecule is CN(C)[C@H]1CCN(c2ccc(C3(N)N=C(N)NN3)cc2)C1. The van der Waals surface area contributed by atoms with Gasteiger partial charge in [0.2, 0.25) is 11.7 Å². The Morgan fingerprint density at radius 1 is 1.33 bits per heavy atom. The maximum atomic E-state index is 6.17. The Bertz CT molecular complexity index is 539. The molecule has 7 heteroatoms. The van der Waals surface area contributed by atoms with Crippen LogP contribution in [0.1, 0.15) is 12.0 Å². The fourth-order valence-corrected chi connectivity index (χ4v) is 2.87. The van der Waals surface area contributed by atoms with Gasteiger partial charge in [0.05, 0.1) is 0 Å². The number of hydrogen-bond acceptors (Lipinski definition) is 7. The lowest BCUT2D eigenvalue weighted by atomic mass is 10.1. The van der Waals surface area contributed by atoms with Gasteiger partial charge in [0.1, 0.15) is 0 Å². The van der Waals surface area contributed by atoms with Crippen molar-refractivity contribution < 1.29 is 0 Å². The van der Waals surface area contributed by atoms with Gasteiger partial charge in [0, 0.05) is 30.4 Å². The lowest BCUT2D eigenvalue weighted by Gasteiger charge is -2.24. The number of guanidine groups is 1. The van der Waals surface area contributed by atoms with E-state index in [0.717, 1.165) is 18.7 Å². The van der Waals surface area contributed by atoms with Gasteiger partial charge in [0.25, 0.3) is 0 Å². The van der Waals surface area contributed by atoms with Gasteiger partial charge in [0.15, 0.2) is 0 Å². The second-order valence-electron chi connectivity index (χ2n) is 5.91. The summed E-state index contributed by atoms with van der Waals surface area (Å²) in [6, 6.07) is 8.79. The molecule has 0 bridgehead atoms. The first kappa shape index (κ1) is 14.1. The average Bonchev–Trinajstić information content (AvgIpc) is 3.07. The topological polar surface area (TPSA) is 94.9 Å². The van der Waals surface area contributed by atoms with Crippen LogP contribution in [-0.2, 0) is 5.79 Å². The summed E-state index contributed by atoms with van der Waals surface area (Å²) in [5.41, 5.74) is 19.5. The van der Waals surface area contributed by atoms with E-state index < -0.39 is 5.79 Å². The van der Waals surface area contributed by atoms with Gasteiger partial charge in [-0.1, -0.05) is 12.1 Å². The second-order valence-corrected chi connectivity index (χ2v) is 5.91. The lowest BCUT2D eigenvalue weighted by Crippen LogP contribution is -2.50. The first-order chi connectivity index (χ1) is 9.98. The third-order valence-electron chi connectivity index (χ3n) is 4.24. The number of anilines is 1. The summed E-state index contributed by atoms with van der Waals surface area (Å²) in [5, 5.41) is 0. The van der Waals surface area contributed by atoms with Crippen molar-refractivity contribution >= 4 is 11.6 Å². The minimum atomic E-state index is -0.986. The zero-order chi connectivity index (χ0) is 15.0. The molecule has 1 unspecified atom stereocenters. The van der Waals surface area contributed by atoms with Crippen molar-refractivity contribution in [2.24, 2.45) is 16.5 Å². The molecule has 21 heavy (non-hydrogen) atoms. The van der Waals surface area contributed by atoms with E-state index in [1.165, 1.54) is 12.1 Å². The molecule has 1 saturated heterocycles. The van der Waals surface area contributed by atoms with Crippen molar-refractivity contribution in [3.63, 3.8) is 0 Å². The third kappa shape index (κ3) is 2.67. The van der Waals surface area contributed by atoms with Gasteiger partial charge < -0.3 is 15.5 Å². The Kier molecular flexibility index (Phi) is 3.48. The highest BCUT2D eigenvalue weighted by atomic mass is 15.6. The number of nitrogens with one attached hydrogen (secondary N) is 2. The largest absolute Gasteiger partial charge is 0.370 e. The Morgan fingerprint density at radius 3 is 2.57 bits per heavy atom. The number of hydrogen-bond donors (Lipinski definition) is 4. The van der Waals surface area contributed by atoms with Crippen molar-refractivity contribution in [3.8, 4) is 0 Å². The predicted octanol–water partition coefficient (Wildman–Crippen LogP) is -0.682. The Labute approximate surface area is 125 Å². The van der Waals surface area contributed by atoms with Crippen LogP contribution in [0, 0.1) is 0 Å². The van der Waals surface area contributed by atoms with E-state index in [0.29, 0.717) is 12.0 Å². The highest BCUT2D eigenvalue weighted by molar-refractivity contribution is 5.79. The maximum absolute atomic E-state index is 6.17. The summed E-state index contributed by atoms with van der Waals surface area (Å²) in [6.45, 7) is 2.14. The standard InChI is InChI=1S/C14H23N7/c1-20(2)12-7-8-21(9-12)11-5-3-10(4-6-11)14(16)17-13(15)18-19-14/h3-6,12,19H,7-9,16H2,1-2H3,(H3,15,17,18)/t12-,14?/m0/s1. The molecule has 1 aromatic carbocycles. The number of rotatable bonds is 3. The number of nitrogens with two attached hydrogens (primary N) is 2. The number of nitrogens with zero attached hydrogens (tertiary/aromatic N) is 3. The zero-order valence-electron chi connectivity index (χ0n) is 12.5. The number of benzene rings is 1. The summed E-state index contributed by atoms with van der Waals surface area (Å²) < 4.78 is 0. The van der Waals surface area contributed by atoms with E-state index >= 15 is 0 Å². The van der Waals surface area contributed by atoms with E-state index in [1.807, 2.05) is 12.1 Å². The molecule has 0 saturated carbocycles. The minimum absolute atomic E-state index is 0.301. The van der Waals surface area contributed by atoms with Gasteiger partial charge in [-0.3, -0.25) is 11.2 Å². The van der Waals surface area contributed by atoms with Gasteiger partial charge in [-0.15, -0.1) is 0 Å². The molecule has 0 aliphatic carbocycles. The molecule has 2 heterocycles. The summed E-state index contributed by atoms with van der Waals surface area (Å²) in [7, 11) is 4.27. The average molecular weight is 289 g/mol. The zero-order valence-corrected chi connectivity index (χ0v) is 12.5. The summed E-state index contributed by atoms with van der Waals surface area (Å²) in [5.74, 6) is -0.685. The van der Waals surface area contributed by atoms with E-state index in [2.05, 4.69) is 51.9 Å². The van der Waals surface area contributed by atoms with Crippen molar-refractivity contribution in [2.45, 2.75) is 18.2 Å². The van der Waals surface area contributed by atoms with Crippen molar-refractivity contribution in [1.29, 1.82) is 0 Å². The molecule has 2 atom stereocenters. The Morgan fingerprint density at radius 2 is 2.05 bits per heavy atom. The summed E-state index contributed by atoms with van der Waals surface area (Å²) >= 11 is 0. The number of hydrazine groups is 1. The first-order valence-corrected chi connectivity index (χ1v) is 7.17. The molecule has 114 valence electrons. The van der Waals surface area contributed by atoms with Crippen LogP contribution in [0.5, 0.6) is 0 Å². The molecule has 0 spiro atoms. The minimum Gasteiger partial charge on any atom is -0.370 e.